The Hall–Kier alpha value is -1.68. The molecular weight excluding hydrogens is 238 g/mol. The zero-order chi connectivity index (χ0) is 12.0. The first kappa shape index (κ1) is 10.5. The minimum atomic E-state index is 0.617. The molecule has 0 fully saturated rings. The molecule has 17 heavy (non-hydrogen) atoms. The molecule has 2 N–H and O–H groups in total. The van der Waals surface area contributed by atoms with Crippen molar-refractivity contribution >= 4 is 17.4 Å². The SMILES string of the molecule is Cn1nc(-c2cc(Cl)cc3c2OCC3)cc1N. The van der Waals surface area contributed by atoms with Crippen molar-refractivity contribution in [2.24, 2.45) is 7.05 Å². The van der Waals surface area contributed by atoms with Gasteiger partial charge in [-0.05, 0) is 17.7 Å². The standard InChI is InChI=1S/C12H12ClN3O/c1-16-11(14)6-10(15-16)9-5-8(13)4-7-2-3-17-12(7)9/h4-6H,2-3,14H2,1H3. The number of benzene rings is 1. The second kappa shape index (κ2) is 3.67. The highest BCUT2D eigenvalue weighted by atomic mass is 35.5. The molecule has 0 saturated carbocycles. The number of aromatic nitrogens is 2. The molecule has 0 bridgehead atoms. The summed E-state index contributed by atoms with van der Waals surface area (Å²) in [5.41, 5.74) is 8.63. The Morgan fingerprint density at radius 3 is 2.94 bits per heavy atom. The maximum atomic E-state index is 6.10. The number of nitrogen functional groups attached to an aromatic ring is 1. The predicted molar refractivity (Wildman–Crippen MR) is 67.3 cm³/mol. The van der Waals surface area contributed by atoms with Crippen LogP contribution in [0.4, 0.5) is 5.82 Å². The van der Waals surface area contributed by atoms with E-state index in [0.717, 1.165) is 29.0 Å². The topological polar surface area (TPSA) is 53.1 Å². The van der Waals surface area contributed by atoms with Crippen LogP contribution in [0, 0.1) is 0 Å². The van der Waals surface area contributed by atoms with Gasteiger partial charge in [-0.15, -0.1) is 0 Å². The lowest BCUT2D eigenvalue weighted by Gasteiger charge is -2.06. The molecule has 2 aromatic rings. The molecule has 1 aliphatic heterocycles. The third-order valence-corrected chi connectivity index (χ3v) is 3.16. The van der Waals surface area contributed by atoms with Gasteiger partial charge in [0.2, 0.25) is 0 Å². The zero-order valence-corrected chi connectivity index (χ0v) is 10.2. The van der Waals surface area contributed by atoms with Crippen LogP contribution >= 0.6 is 11.6 Å². The monoisotopic (exact) mass is 249 g/mol. The lowest BCUT2D eigenvalue weighted by molar-refractivity contribution is 0.358. The van der Waals surface area contributed by atoms with E-state index in [9.17, 15) is 0 Å². The van der Waals surface area contributed by atoms with Gasteiger partial charge in [0.25, 0.3) is 0 Å². The molecular formula is C12H12ClN3O. The van der Waals surface area contributed by atoms with Crippen molar-refractivity contribution in [3.8, 4) is 17.0 Å². The fraction of sp³-hybridized carbons (Fsp3) is 0.250. The maximum Gasteiger partial charge on any atom is 0.132 e. The number of nitrogens with two attached hydrogens (primary N) is 1. The summed E-state index contributed by atoms with van der Waals surface area (Å²) in [4.78, 5) is 0. The van der Waals surface area contributed by atoms with Crippen LogP contribution in [0.2, 0.25) is 5.02 Å². The molecule has 2 heterocycles. The van der Waals surface area contributed by atoms with E-state index in [0.29, 0.717) is 17.4 Å². The van der Waals surface area contributed by atoms with Crippen LogP contribution in [0.15, 0.2) is 18.2 Å². The normalized spacial score (nSPS) is 13.5. The third kappa shape index (κ3) is 1.65. The predicted octanol–water partition coefficient (Wildman–Crippen LogP) is 2.26. The molecule has 1 aromatic carbocycles. The van der Waals surface area contributed by atoms with Gasteiger partial charge in [-0.3, -0.25) is 4.68 Å². The van der Waals surface area contributed by atoms with E-state index in [1.165, 1.54) is 0 Å². The van der Waals surface area contributed by atoms with Crippen LogP contribution in [0.1, 0.15) is 5.56 Å². The molecule has 1 aromatic heterocycles. The number of nitrogens with zero attached hydrogens (tertiary/aromatic N) is 2. The molecule has 0 amide bonds. The smallest absolute Gasteiger partial charge is 0.132 e. The van der Waals surface area contributed by atoms with Crippen LogP contribution in [-0.4, -0.2) is 16.4 Å². The third-order valence-electron chi connectivity index (χ3n) is 2.94. The highest BCUT2D eigenvalue weighted by Gasteiger charge is 2.20. The number of halogens is 1. The molecule has 0 spiro atoms. The van der Waals surface area contributed by atoms with Crippen molar-refractivity contribution in [2.75, 3.05) is 12.3 Å². The second-order valence-electron chi connectivity index (χ2n) is 4.12. The van der Waals surface area contributed by atoms with E-state index < -0.39 is 0 Å². The number of hydrogen-bond donors (Lipinski definition) is 1. The maximum absolute atomic E-state index is 6.10. The number of hydrogen-bond acceptors (Lipinski definition) is 3. The minimum absolute atomic E-state index is 0.617. The van der Waals surface area contributed by atoms with Gasteiger partial charge >= 0.3 is 0 Å². The molecule has 0 atom stereocenters. The first-order chi connectivity index (χ1) is 8.15. The van der Waals surface area contributed by atoms with E-state index in [1.807, 2.05) is 25.2 Å². The largest absolute Gasteiger partial charge is 0.492 e. The summed E-state index contributed by atoms with van der Waals surface area (Å²) < 4.78 is 7.28. The summed E-state index contributed by atoms with van der Waals surface area (Å²) in [5, 5.41) is 5.05. The number of rotatable bonds is 1. The second-order valence-corrected chi connectivity index (χ2v) is 4.55. The van der Waals surface area contributed by atoms with Gasteiger partial charge in [0.1, 0.15) is 11.6 Å². The zero-order valence-electron chi connectivity index (χ0n) is 9.40. The number of fused-ring (bicyclic) bond motifs is 1. The van der Waals surface area contributed by atoms with E-state index in [2.05, 4.69) is 5.10 Å². The Morgan fingerprint density at radius 2 is 2.24 bits per heavy atom. The average molecular weight is 250 g/mol. The van der Waals surface area contributed by atoms with E-state index in [4.69, 9.17) is 22.1 Å². The lowest BCUT2D eigenvalue weighted by Crippen LogP contribution is -1.96. The van der Waals surface area contributed by atoms with Gasteiger partial charge < -0.3 is 10.5 Å². The Kier molecular flexibility index (Phi) is 2.26. The van der Waals surface area contributed by atoms with Crippen molar-refractivity contribution in [2.45, 2.75) is 6.42 Å². The summed E-state index contributed by atoms with van der Waals surface area (Å²) in [5.74, 6) is 1.50. The van der Waals surface area contributed by atoms with E-state index in [1.54, 1.807) is 4.68 Å². The number of anilines is 1. The van der Waals surface area contributed by atoms with Gasteiger partial charge in [0, 0.05) is 30.1 Å². The first-order valence-electron chi connectivity index (χ1n) is 5.40. The Labute approximate surface area is 104 Å². The summed E-state index contributed by atoms with van der Waals surface area (Å²) in [6, 6.07) is 5.64. The van der Waals surface area contributed by atoms with Crippen LogP contribution in [0.25, 0.3) is 11.3 Å². The Morgan fingerprint density at radius 1 is 1.41 bits per heavy atom. The molecule has 0 aliphatic carbocycles. The van der Waals surface area contributed by atoms with Crippen LogP contribution in [0.5, 0.6) is 5.75 Å². The van der Waals surface area contributed by atoms with Crippen molar-refractivity contribution in [1.29, 1.82) is 0 Å². The van der Waals surface area contributed by atoms with Crippen molar-refractivity contribution in [3.05, 3.63) is 28.8 Å². The Balaban J connectivity index is 2.20. The molecule has 0 unspecified atom stereocenters. The molecule has 88 valence electrons. The van der Waals surface area contributed by atoms with Crippen molar-refractivity contribution < 1.29 is 4.74 Å². The highest BCUT2D eigenvalue weighted by Crippen LogP contribution is 2.39. The highest BCUT2D eigenvalue weighted by molar-refractivity contribution is 6.31. The minimum Gasteiger partial charge on any atom is -0.492 e. The first-order valence-corrected chi connectivity index (χ1v) is 5.78. The van der Waals surface area contributed by atoms with E-state index in [-0.39, 0.29) is 0 Å². The summed E-state index contributed by atoms with van der Waals surface area (Å²) in [7, 11) is 1.81. The van der Waals surface area contributed by atoms with Gasteiger partial charge in [0.15, 0.2) is 0 Å². The van der Waals surface area contributed by atoms with Crippen molar-refractivity contribution in [1.82, 2.24) is 9.78 Å². The van der Waals surface area contributed by atoms with Gasteiger partial charge in [-0.1, -0.05) is 11.6 Å². The van der Waals surface area contributed by atoms with Crippen LogP contribution in [0.3, 0.4) is 0 Å². The lowest BCUT2D eigenvalue weighted by atomic mass is 10.1. The van der Waals surface area contributed by atoms with Gasteiger partial charge in [0.05, 0.1) is 12.3 Å². The summed E-state index contributed by atoms with van der Waals surface area (Å²) >= 11 is 6.10. The summed E-state index contributed by atoms with van der Waals surface area (Å²) in [6.07, 6.45) is 0.894. The Bertz CT molecular complexity index is 572. The number of aryl methyl sites for hydroxylation is 1. The molecule has 1 aliphatic rings. The molecule has 0 saturated heterocycles. The molecule has 0 radical (unpaired) electrons. The fourth-order valence-corrected chi connectivity index (χ4v) is 2.31. The molecule has 5 heteroatoms. The molecule has 4 nitrogen and oxygen atoms in total. The molecule has 3 rings (SSSR count). The van der Waals surface area contributed by atoms with Gasteiger partial charge in [-0.2, -0.15) is 5.10 Å². The van der Waals surface area contributed by atoms with Crippen molar-refractivity contribution in [3.63, 3.8) is 0 Å². The summed E-state index contributed by atoms with van der Waals surface area (Å²) in [6.45, 7) is 0.699. The van der Waals surface area contributed by atoms with Crippen LogP contribution < -0.4 is 10.5 Å². The average Bonchev–Trinajstić information content (AvgIpc) is 2.85. The fourth-order valence-electron chi connectivity index (χ4n) is 2.07. The quantitative estimate of drug-likeness (QED) is 0.844. The van der Waals surface area contributed by atoms with Gasteiger partial charge in [-0.25, -0.2) is 0 Å². The number of ether oxygens (including phenoxy) is 1. The van der Waals surface area contributed by atoms with Crippen LogP contribution in [-0.2, 0) is 13.5 Å². The van der Waals surface area contributed by atoms with E-state index >= 15 is 0 Å².